The largest absolute Gasteiger partial charge is 0.462 e. The number of carbonyl (C=O) groups is 3. The lowest BCUT2D eigenvalue weighted by Crippen LogP contribution is -2.22. The number of hydrogen-bond donors (Lipinski definition) is 2. The van der Waals surface area contributed by atoms with Crippen LogP contribution >= 0.6 is 11.3 Å². The van der Waals surface area contributed by atoms with E-state index in [0.717, 1.165) is 24.7 Å². The summed E-state index contributed by atoms with van der Waals surface area (Å²) in [7, 11) is -3.60. The summed E-state index contributed by atoms with van der Waals surface area (Å²) in [6, 6.07) is 5.89. The van der Waals surface area contributed by atoms with Gasteiger partial charge < -0.3 is 14.8 Å². The maximum atomic E-state index is 12.4. The smallest absolute Gasteiger partial charge is 0.341 e. The Morgan fingerprint density at radius 3 is 2.48 bits per heavy atom. The zero-order valence-electron chi connectivity index (χ0n) is 17.0. The van der Waals surface area contributed by atoms with E-state index in [1.807, 2.05) is 5.38 Å². The van der Waals surface area contributed by atoms with Gasteiger partial charge in [0.25, 0.3) is 5.91 Å². The van der Waals surface area contributed by atoms with Crippen LogP contribution in [0.3, 0.4) is 0 Å². The summed E-state index contributed by atoms with van der Waals surface area (Å²) in [4.78, 5) is 37.1. The number of nitrogens with one attached hydrogen (secondary N) is 2. The van der Waals surface area contributed by atoms with Gasteiger partial charge in [-0.2, -0.15) is 0 Å². The van der Waals surface area contributed by atoms with Gasteiger partial charge in [0, 0.05) is 0 Å². The van der Waals surface area contributed by atoms with Crippen LogP contribution in [0.2, 0.25) is 0 Å². The van der Waals surface area contributed by atoms with Crippen molar-refractivity contribution in [3.8, 4) is 0 Å². The number of hydrogen-bond acceptors (Lipinski definition) is 8. The van der Waals surface area contributed by atoms with Crippen LogP contribution in [0.15, 0.2) is 29.6 Å². The minimum absolute atomic E-state index is 0.0277. The number of sulfonamides is 1. The van der Waals surface area contributed by atoms with E-state index in [2.05, 4.69) is 10.0 Å². The Bertz CT molecular complexity index is 1100. The number of ether oxygens (including phenoxy) is 2. The van der Waals surface area contributed by atoms with Crippen LogP contribution in [0.1, 0.15) is 52.0 Å². The second-order valence-corrected chi connectivity index (χ2v) is 9.56. The van der Waals surface area contributed by atoms with E-state index < -0.39 is 34.5 Å². The molecule has 1 aliphatic rings. The van der Waals surface area contributed by atoms with Crippen molar-refractivity contribution in [3.63, 3.8) is 0 Å². The quantitative estimate of drug-likeness (QED) is 0.544. The van der Waals surface area contributed by atoms with Gasteiger partial charge in [0.2, 0.25) is 10.0 Å². The van der Waals surface area contributed by atoms with E-state index in [0.29, 0.717) is 10.6 Å². The second-order valence-electron chi connectivity index (χ2n) is 6.93. The third-order valence-electron chi connectivity index (χ3n) is 4.35. The summed E-state index contributed by atoms with van der Waals surface area (Å²) in [5.41, 5.74) is 1.22. The highest BCUT2D eigenvalue weighted by molar-refractivity contribution is 7.92. The van der Waals surface area contributed by atoms with Crippen molar-refractivity contribution in [2.75, 3.05) is 29.5 Å². The number of rotatable bonds is 9. The van der Waals surface area contributed by atoms with Crippen LogP contribution in [0.25, 0.3) is 0 Å². The fourth-order valence-corrected chi connectivity index (χ4v) is 4.52. The van der Waals surface area contributed by atoms with Crippen molar-refractivity contribution in [2.45, 2.75) is 25.7 Å². The molecule has 1 aliphatic carbocycles. The molecule has 0 saturated heterocycles. The van der Waals surface area contributed by atoms with E-state index >= 15 is 0 Å². The van der Waals surface area contributed by atoms with Gasteiger partial charge in [-0.1, -0.05) is 12.1 Å². The molecule has 0 spiro atoms. The summed E-state index contributed by atoms with van der Waals surface area (Å²) >= 11 is 1.22. The van der Waals surface area contributed by atoms with Gasteiger partial charge in [0.15, 0.2) is 6.61 Å². The molecule has 2 N–H and O–H groups in total. The molecular weight excluding hydrogens is 444 g/mol. The molecule has 0 radical (unpaired) electrons. The molecule has 1 saturated carbocycles. The van der Waals surface area contributed by atoms with Gasteiger partial charge in [0.1, 0.15) is 5.00 Å². The Morgan fingerprint density at radius 1 is 1.13 bits per heavy atom. The van der Waals surface area contributed by atoms with E-state index in [4.69, 9.17) is 9.47 Å². The van der Waals surface area contributed by atoms with Gasteiger partial charge >= 0.3 is 11.9 Å². The lowest BCUT2D eigenvalue weighted by molar-refractivity contribution is -0.119. The molecule has 31 heavy (non-hydrogen) atoms. The van der Waals surface area contributed by atoms with E-state index in [-0.39, 0.29) is 23.8 Å². The Kier molecular flexibility index (Phi) is 6.96. The molecule has 9 nitrogen and oxygen atoms in total. The number of thiophene rings is 1. The molecule has 0 atom stereocenters. The van der Waals surface area contributed by atoms with Crippen molar-refractivity contribution >= 4 is 49.9 Å². The lowest BCUT2D eigenvalue weighted by Gasteiger charge is -2.11. The zero-order valence-corrected chi connectivity index (χ0v) is 18.6. The van der Waals surface area contributed by atoms with Gasteiger partial charge in [-0.3, -0.25) is 9.52 Å². The maximum absolute atomic E-state index is 12.4. The first-order valence-electron chi connectivity index (χ1n) is 9.52. The number of amides is 1. The van der Waals surface area contributed by atoms with E-state index in [9.17, 15) is 22.8 Å². The number of para-hydroxylation sites is 1. The van der Waals surface area contributed by atoms with Crippen molar-refractivity contribution in [3.05, 3.63) is 46.3 Å². The van der Waals surface area contributed by atoms with Gasteiger partial charge in [0.05, 0.1) is 29.7 Å². The number of carbonyl (C=O) groups excluding carboxylic acids is 3. The molecule has 0 bridgehead atoms. The third-order valence-corrected chi connectivity index (χ3v) is 5.85. The first-order chi connectivity index (χ1) is 14.7. The first kappa shape index (κ1) is 22.8. The molecule has 1 fully saturated rings. The van der Waals surface area contributed by atoms with Gasteiger partial charge in [-0.25, -0.2) is 18.0 Å². The molecule has 1 heterocycles. The molecule has 2 aromatic rings. The summed E-state index contributed by atoms with van der Waals surface area (Å²) in [6.07, 6.45) is 2.92. The number of esters is 2. The maximum Gasteiger partial charge on any atom is 0.341 e. The summed E-state index contributed by atoms with van der Waals surface area (Å²) in [5.74, 6) is -1.70. The van der Waals surface area contributed by atoms with Crippen molar-refractivity contribution < 1.29 is 32.3 Å². The fraction of sp³-hybridized carbons (Fsp3) is 0.350. The average molecular weight is 467 g/mol. The monoisotopic (exact) mass is 466 g/mol. The Labute approximate surface area is 183 Å². The van der Waals surface area contributed by atoms with Crippen LogP contribution < -0.4 is 10.0 Å². The molecule has 1 aromatic carbocycles. The van der Waals surface area contributed by atoms with E-state index in [1.54, 1.807) is 19.1 Å². The number of benzene rings is 1. The molecule has 11 heteroatoms. The molecule has 1 aromatic heterocycles. The molecule has 1 amide bonds. The molecular formula is C20H22N2O7S2. The minimum Gasteiger partial charge on any atom is -0.462 e. The van der Waals surface area contributed by atoms with Crippen molar-refractivity contribution in [2.24, 2.45) is 0 Å². The average Bonchev–Trinajstić information content (AvgIpc) is 3.46. The van der Waals surface area contributed by atoms with Crippen LogP contribution in [-0.2, 0) is 24.3 Å². The highest BCUT2D eigenvalue weighted by Crippen LogP contribution is 2.46. The molecule has 0 unspecified atom stereocenters. The highest BCUT2D eigenvalue weighted by atomic mass is 32.2. The van der Waals surface area contributed by atoms with E-state index in [1.165, 1.54) is 23.5 Å². The Balaban J connectivity index is 1.66. The highest BCUT2D eigenvalue weighted by Gasteiger charge is 2.32. The van der Waals surface area contributed by atoms with Crippen LogP contribution in [-0.4, -0.2) is 45.7 Å². The van der Waals surface area contributed by atoms with Gasteiger partial charge in [-0.15, -0.1) is 11.3 Å². The first-order valence-corrected chi connectivity index (χ1v) is 12.3. The van der Waals surface area contributed by atoms with Crippen molar-refractivity contribution in [1.82, 2.24) is 0 Å². The van der Waals surface area contributed by atoms with Crippen LogP contribution in [0, 0.1) is 0 Å². The summed E-state index contributed by atoms with van der Waals surface area (Å²) in [6.45, 7) is 1.31. The fourth-order valence-electron chi connectivity index (χ4n) is 2.89. The van der Waals surface area contributed by atoms with Crippen molar-refractivity contribution in [1.29, 1.82) is 0 Å². The van der Waals surface area contributed by atoms with Crippen LogP contribution in [0.4, 0.5) is 10.7 Å². The predicted octanol–water partition coefficient (Wildman–Crippen LogP) is 2.97. The molecule has 0 aliphatic heterocycles. The topological polar surface area (TPSA) is 128 Å². The standard InChI is InChI=1S/C20H22N2O7S2/c1-3-28-20(25)17-14(12-8-9-12)11-30-18(17)21-16(23)10-29-19(24)13-6-4-5-7-15(13)22-31(2,26)27/h4-7,11-12,22H,3,8-10H2,1-2H3,(H,21,23). The minimum atomic E-state index is -3.60. The third kappa shape index (κ3) is 6.05. The lowest BCUT2D eigenvalue weighted by atomic mass is 10.1. The SMILES string of the molecule is CCOC(=O)c1c(C2CC2)csc1NC(=O)COC(=O)c1ccccc1NS(C)(=O)=O. The van der Waals surface area contributed by atoms with Crippen LogP contribution in [0.5, 0.6) is 0 Å². The predicted molar refractivity (Wildman–Crippen MR) is 116 cm³/mol. The molecule has 166 valence electrons. The van der Waals surface area contributed by atoms with Gasteiger partial charge in [-0.05, 0) is 48.8 Å². The zero-order chi connectivity index (χ0) is 22.6. The summed E-state index contributed by atoms with van der Waals surface area (Å²) < 4.78 is 35.3. The molecule has 3 rings (SSSR count). The Hall–Kier alpha value is -2.92. The Morgan fingerprint density at radius 2 is 1.84 bits per heavy atom. The second kappa shape index (κ2) is 9.48. The number of anilines is 2. The normalized spacial score (nSPS) is 13.4. The summed E-state index contributed by atoms with van der Waals surface area (Å²) in [5, 5.41) is 4.78.